The Morgan fingerprint density at radius 1 is 1.33 bits per heavy atom. The lowest BCUT2D eigenvalue weighted by Crippen LogP contribution is -2.33. The Hall–Kier alpha value is -1.36. The molecule has 0 saturated carbocycles. The van der Waals surface area contributed by atoms with E-state index in [0.717, 1.165) is 24.3 Å². The number of ketones is 1. The highest BCUT2D eigenvalue weighted by Gasteiger charge is 2.44. The van der Waals surface area contributed by atoms with Crippen LogP contribution >= 0.6 is 0 Å². The molecule has 1 unspecified atom stereocenters. The summed E-state index contributed by atoms with van der Waals surface area (Å²) >= 11 is 0. The van der Waals surface area contributed by atoms with Crippen LogP contribution in [0, 0.1) is 5.82 Å². The molecular weight excluding hydrogens is 209 g/mol. The van der Waals surface area contributed by atoms with Crippen molar-refractivity contribution in [3.63, 3.8) is 0 Å². The molecule has 1 aromatic rings. The maximum Gasteiger partial charge on any atom is 0.334 e. The van der Waals surface area contributed by atoms with E-state index in [-0.39, 0.29) is 5.56 Å². The molecule has 82 valence electrons. The third-order valence-electron chi connectivity index (χ3n) is 2.00. The first-order valence-electron chi connectivity index (χ1n) is 4.18. The zero-order chi connectivity index (χ0) is 11.6. The summed E-state index contributed by atoms with van der Waals surface area (Å²) in [6.07, 6.45) is -2.24. The number of carbonyl (C=O) groups excluding carboxylic acids is 1. The van der Waals surface area contributed by atoms with Gasteiger partial charge in [0.05, 0.1) is 0 Å². The lowest BCUT2D eigenvalue weighted by Gasteiger charge is -2.19. The van der Waals surface area contributed by atoms with Crippen molar-refractivity contribution in [1.29, 1.82) is 0 Å². The minimum Gasteiger partial charge on any atom is -0.382 e. The molecule has 0 amide bonds. The van der Waals surface area contributed by atoms with Crippen molar-refractivity contribution >= 4 is 5.78 Å². The van der Waals surface area contributed by atoms with E-state index in [1.807, 2.05) is 0 Å². The van der Waals surface area contributed by atoms with Crippen LogP contribution in [0.3, 0.4) is 0 Å². The number of aliphatic hydroxyl groups is 1. The second-order valence-corrected chi connectivity index (χ2v) is 3.13. The van der Waals surface area contributed by atoms with Gasteiger partial charge in [0.2, 0.25) is 5.78 Å². The number of alkyl halides is 2. The average molecular weight is 218 g/mol. The fourth-order valence-corrected chi connectivity index (χ4v) is 1.05. The molecule has 0 heterocycles. The molecule has 1 atom stereocenters. The Labute approximate surface area is 84.3 Å². The Kier molecular flexibility index (Phi) is 3.14. The monoisotopic (exact) mass is 218 g/mol. The smallest absolute Gasteiger partial charge is 0.334 e. The molecule has 0 aromatic heterocycles. The van der Waals surface area contributed by atoms with E-state index in [1.165, 1.54) is 0 Å². The highest BCUT2D eigenvalue weighted by atomic mass is 19.3. The van der Waals surface area contributed by atoms with Crippen molar-refractivity contribution in [2.24, 2.45) is 0 Å². The van der Waals surface area contributed by atoms with Gasteiger partial charge in [-0.25, -0.2) is 4.39 Å². The summed E-state index contributed by atoms with van der Waals surface area (Å²) in [6, 6.07) is 3.90. The van der Waals surface area contributed by atoms with Crippen LogP contribution in [0.5, 0.6) is 0 Å². The first-order valence-corrected chi connectivity index (χ1v) is 4.18. The summed E-state index contributed by atoms with van der Waals surface area (Å²) in [5.41, 5.74) is -0.198. The van der Waals surface area contributed by atoms with E-state index in [2.05, 4.69) is 0 Å². The largest absolute Gasteiger partial charge is 0.382 e. The molecule has 0 spiro atoms. The number of benzene rings is 1. The summed E-state index contributed by atoms with van der Waals surface area (Å²) in [5, 5.41) is 9.22. The molecule has 1 rings (SSSR count). The van der Waals surface area contributed by atoms with Gasteiger partial charge in [-0.2, -0.15) is 8.78 Å². The molecule has 1 aromatic carbocycles. The van der Waals surface area contributed by atoms with Crippen LogP contribution in [0.15, 0.2) is 24.3 Å². The maximum absolute atomic E-state index is 13.0. The zero-order valence-electron chi connectivity index (χ0n) is 7.88. The first-order chi connectivity index (χ1) is 6.85. The number of rotatable bonds is 3. The predicted octanol–water partition coefficient (Wildman–Crippen LogP) is 2.08. The standard InChI is InChI=1S/C10H9F3O2/c1-6(14)10(12,13)9(15)7-2-4-8(11)5-3-7/h2-5,9,15H,1H3. The Morgan fingerprint density at radius 3 is 2.20 bits per heavy atom. The van der Waals surface area contributed by atoms with Gasteiger partial charge in [0, 0.05) is 6.92 Å². The van der Waals surface area contributed by atoms with Gasteiger partial charge in [-0.1, -0.05) is 12.1 Å². The van der Waals surface area contributed by atoms with Gasteiger partial charge in [0.1, 0.15) is 11.9 Å². The molecule has 2 nitrogen and oxygen atoms in total. The molecule has 1 N–H and O–H groups in total. The van der Waals surface area contributed by atoms with Crippen LogP contribution in [-0.2, 0) is 4.79 Å². The van der Waals surface area contributed by atoms with Crippen LogP contribution in [0.2, 0.25) is 0 Å². The van der Waals surface area contributed by atoms with Gasteiger partial charge in [-0.05, 0) is 17.7 Å². The summed E-state index contributed by atoms with van der Waals surface area (Å²) in [6.45, 7) is 0.687. The molecule has 0 fully saturated rings. The normalized spacial score (nSPS) is 13.7. The molecule has 0 bridgehead atoms. The van der Waals surface area contributed by atoms with E-state index in [9.17, 15) is 23.1 Å². The maximum atomic E-state index is 13.0. The molecule has 0 aliphatic rings. The SMILES string of the molecule is CC(=O)C(F)(F)C(O)c1ccc(F)cc1. The van der Waals surface area contributed by atoms with Crippen molar-refractivity contribution in [2.75, 3.05) is 0 Å². The van der Waals surface area contributed by atoms with Crippen molar-refractivity contribution in [1.82, 2.24) is 0 Å². The molecule has 0 aliphatic carbocycles. The van der Waals surface area contributed by atoms with Gasteiger partial charge in [0.25, 0.3) is 0 Å². The van der Waals surface area contributed by atoms with Crippen molar-refractivity contribution < 1.29 is 23.1 Å². The Morgan fingerprint density at radius 2 is 1.80 bits per heavy atom. The highest BCUT2D eigenvalue weighted by molar-refractivity contribution is 5.84. The van der Waals surface area contributed by atoms with Gasteiger partial charge >= 0.3 is 5.92 Å². The van der Waals surface area contributed by atoms with Crippen LogP contribution in [0.25, 0.3) is 0 Å². The lowest BCUT2D eigenvalue weighted by atomic mass is 10.0. The number of aliphatic hydroxyl groups excluding tert-OH is 1. The average Bonchev–Trinajstić information content (AvgIpc) is 2.17. The minimum atomic E-state index is -3.85. The quantitative estimate of drug-likeness (QED) is 0.843. The molecule has 0 radical (unpaired) electrons. The molecule has 5 heteroatoms. The fourth-order valence-electron chi connectivity index (χ4n) is 1.05. The number of hydrogen-bond acceptors (Lipinski definition) is 2. The summed E-state index contributed by atoms with van der Waals surface area (Å²) in [4.78, 5) is 10.6. The Bertz CT molecular complexity index is 359. The fraction of sp³-hybridized carbons (Fsp3) is 0.300. The van der Waals surface area contributed by atoms with Gasteiger partial charge in [0.15, 0.2) is 0 Å². The number of carbonyl (C=O) groups is 1. The van der Waals surface area contributed by atoms with E-state index >= 15 is 0 Å². The summed E-state index contributed by atoms with van der Waals surface area (Å²) < 4.78 is 38.5. The van der Waals surface area contributed by atoms with Crippen molar-refractivity contribution in [3.05, 3.63) is 35.6 Å². The number of hydrogen-bond donors (Lipinski definition) is 1. The van der Waals surface area contributed by atoms with E-state index < -0.39 is 23.6 Å². The first kappa shape index (κ1) is 11.7. The second kappa shape index (κ2) is 4.02. The lowest BCUT2D eigenvalue weighted by molar-refractivity contribution is -0.159. The van der Waals surface area contributed by atoms with Crippen LogP contribution in [0.4, 0.5) is 13.2 Å². The Balaban J connectivity index is 2.99. The van der Waals surface area contributed by atoms with Crippen molar-refractivity contribution in [3.8, 4) is 0 Å². The van der Waals surface area contributed by atoms with Crippen LogP contribution in [0.1, 0.15) is 18.6 Å². The van der Waals surface area contributed by atoms with Crippen molar-refractivity contribution in [2.45, 2.75) is 19.0 Å². The number of halogens is 3. The van der Waals surface area contributed by atoms with Gasteiger partial charge in [-0.15, -0.1) is 0 Å². The van der Waals surface area contributed by atoms with Crippen LogP contribution in [-0.4, -0.2) is 16.8 Å². The number of Topliss-reactive ketones (excluding diaryl/α,β-unsaturated/α-hetero) is 1. The highest BCUT2D eigenvalue weighted by Crippen LogP contribution is 2.31. The summed E-state index contributed by atoms with van der Waals surface area (Å²) in [5.74, 6) is -5.88. The minimum absolute atomic E-state index is 0.198. The van der Waals surface area contributed by atoms with Gasteiger partial charge < -0.3 is 5.11 Å². The molecule has 0 saturated heterocycles. The van der Waals surface area contributed by atoms with E-state index in [4.69, 9.17) is 0 Å². The third kappa shape index (κ3) is 2.36. The second-order valence-electron chi connectivity index (χ2n) is 3.13. The predicted molar refractivity (Wildman–Crippen MR) is 47.0 cm³/mol. The van der Waals surface area contributed by atoms with Crippen LogP contribution < -0.4 is 0 Å². The topological polar surface area (TPSA) is 37.3 Å². The summed E-state index contributed by atoms with van der Waals surface area (Å²) in [7, 11) is 0. The third-order valence-corrected chi connectivity index (χ3v) is 2.00. The molecule has 15 heavy (non-hydrogen) atoms. The zero-order valence-corrected chi connectivity index (χ0v) is 7.88. The molecular formula is C10H9F3O2. The van der Waals surface area contributed by atoms with E-state index in [0.29, 0.717) is 6.92 Å². The van der Waals surface area contributed by atoms with Gasteiger partial charge in [-0.3, -0.25) is 4.79 Å². The molecule has 0 aliphatic heterocycles. The van der Waals surface area contributed by atoms with E-state index in [1.54, 1.807) is 0 Å².